The monoisotopic (exact) mass is 363 g/mol. The van der Waals surface area contributed by atoms with Gasteiger partial charge in [-0.15, -0.1) is 0 Å². The summed E-state index contributed by atoms with van der Waals surface area (Å²) in [4.78, 5) is 19.7. The molecular formula is C23H29N3O. The highest BCUT2D eigenvalue weighted by atomic mass is 16.2. The molecule has 4 nitrogen and oxygen atoms in total. The van der Waals surface area contributed by atoms with Crippen LogP contribution in [0.15, 0.2) is 54.6 Å². The number of carbonyl (C=O) groups is 1. The van der Waals surface area contributed by atoms with Crippen LogP contribution in [0.1, 0.15) is 28.8 Å². The van der Waals surface area contributed by atoms with Crippen LogP contribution in [0.4, 0.5) is 5.69 Å². The van der Waals surface area contributed by atoms with Crippen molar-refractivity contribution in [2.24, 2.45) is 0 Å². The summed E-state index contributed by atoms with van der Waals surface area (Å²) in [6.07, 6.45) is 3.48. The Bertz CT molecular complexity index is 776. The van der Waals surface area contributed by atoms with E-state index in [-0.39, 0.29) is 5.91 Å². The molecule has 142 valence electrons. The Hall–Kier alpha value is -2.33. The largest absolute Gasteiger partial charge is 0.366 e. The fraction of sp³-hybridized carbons (Fsp3) is 0.435. The average molecular weight is 364 g/mol. The molecule has 0 saturated carbocycles. The van der Waals surface area contributed by atoms with E-state index in [0.717, 1.165) is 31.6 Å². The van der Waals surface area contributed by atoms with E-state index >= 15 is 0 Å². The number of likely N-dealkylation sites (N-methyl/N-ethyl adjacent to an activating group) is 1. The van der Waals surface area contributed by atoms with Crippen molar-refractivity contribution >= 4 is 11.6 Å². The molecule has 0 N–H and O–H groups in total. The highest BCUT2D eigenvalue weighted by Gasteiger charge is 2.30. The predicted molar refractivity (Wildman–Crippen MR) is 110 cm³/mol. The van der Waals surface area contributed by atoms with Gasteiger partial charge in [-0.2, -0.15) is 0 Å². The number of anilines is 1. The van der Waals surface area contributed by atoms with Crippen LogP contribution in [0.2, 0.25) is 0 Å². The lowest BCUT2D eigenvalue weighted by Crippen LogP contribution is -2.56. The molecule has 1 amide bonds. The molecule has 0 radical (unpaired) electrons. The van der Waals surface area contributed by atoms with Crippen LogP contribution in [0.5, 0.6) is 0 Å². The fourth-order valence-electron chi connectivity index (χ4n) is 4.43. The minimum Gasteiger partial charge on any atom is -0.366 e. The predicted octanol–water partition coefficient (Wildman–Crippen LogP) is 3.29. The van der Waals surface area contributed by atoms with E-state index in [9.17, 15) is 4.79 Å². The summed E-state index contributed by atoms with van der Waals surface area (Å²) >= 11 is 0. The summed E-state index contributed by atoms with van der Waals surface area (Å²) in [5.74, 6) is 0.0916. The van der Waals surface area contributed by atoms with Crippen molar-refractivity contribution in [2.75, 3.05) is 44.7 Å². The van der Waals surface area contributed by atoms with E-state index in [1.165, 1.54) is 37.2 Å². The van der Waals surface area contributed by atoms with Crippen LogP contribution in [0.25, 0.3) is 0 Å². The molecule has 4 rings (SSSR count). The highest BCUT2D eigenvalue weighted by molar-refractivity contribution is 5.94. The highest BCUT2D eigenvalue weighted by Crippen LogP contribution is 2.29. The summed E-state index contributed by atoms with van der Waals surface area (Å²) in [6.45, 7) is 5.46. The molecule has 0 aliphatic carbocycles. The first kappa shape index (κ1) is 18.1. The number of para-hydroxylation sites is 1. The standard InChI is InChI=1S/C23H29N3O/c1-24(23(27)20-9-3-2-4-10-20)15-13-19-8-5-6-12-22(19)26-17-16-25-14-7-11-21(26)18-25/h2-6,8-10,12,21H,7,11,13-18H2,1H3. The molecule has 27 heavy (non-hydrogen) atoms. The molecule has 2 heterocycles. The van der Waals surface area contributed by atoms with Crippen molar-refractivity contribution in [1.82, 2.24) is 9.80 Å². The molecule has 2 bridgehead atoms. The Morgan fingerprint density at radius 2 is 1.81 bits per heavy atom. The summed E-state index contributed by atoms with van der Waals surface area (Å²) in [5, 5.41) is 0. The Morgan fingerprint density at radius 1 is 1.04 bits per heavy atom. The van der Waals surface area contributed by atoms with Gasteiger partial charge in [0, 0.05) is 50.5 Å². The van der Waals surface area contributed by atoms with E-state index in [0.29, 0.717) is 6.04 Å². The molecule has 2 aromatic rings. The number of hydrogen-bond donors (Lipinski definition) is 0. The average Bonchev–Trinajstić information content (AvgIpc) is 2.73. The second kappa shape index (κ2) is 8.13. The summed E-state index contributed by atoms with van der Waals surface area (Å²) in [5.41, 5.74) is 3.47. The number of amides is 1. The van der Waals surface area contributed by atoms with Gasteiger partial charge in [-0.3, -0.25) is 9.69 Å². The third-order valence-corrected chi connectivity index (χ3v) is 5.96. The minimum atomic E-state index is 0.0916. The minimum absolute atomic E-state index is 0.0916. The first-order valence-electron chi connectivity index (χ1n) is 10.1. The van der Waals surface area contributed by atoms with Gasteiger partial charge in [-0.05, 0) is 49.6 Å². The maximum absolute atomic E-state index is 12.6. The van der Waals surface area contributed by atoms with Crippen LogP contribution in [0, 0.1) is 0 Å². The van der Waals surface area contributed by atoms with Crippen molar-refractivity contribution in [1.29, 1.82) is 0 Å². The molecule has 2 aliphatic heterocycles. The van der Waals surface area contributed by atoms with Crippen LogP contribution in [-0.4, -0.2) is 61.5 Å². The number of nitrogens with zero attached hydrogens (tertiary/aromatic N) is 3. The van der Waals surface area contributed by atoms with E-state index in [1.54, 1.807) is 0 Å². The lowest BCUT2D eigenvalue weighted by molar-refractivity contribution is 0.0796. The number of piperidine rings is 1. The summed E-state index contributed by atoms with van der Waals surface area (Å²) < 4.78 is 0. The smallest absolute Gasteiger partial charge is 0.253 e. The summed E-state index contributed by atoms with van der Waals surface area (Å²) in [6, 6.07) is 18.9. The fourth-order valence-corrected chi connectivity index (χ4v) is 4.43. The van der Waals surface area contributed by atoms with Crippen LogP contribution >= 0.6 is 0 Å². The van der Waals surface area contributed by atoms with Gasteiger partial charge >= 0.3 is 0 Å². The Balaban J connectivity index is 1.45. The second-order valence-electron chi connectivity index (χ2n) is 7.76. The van der Waals surface area contributed by atoms with E-state index in [4.69, 9.17) is 0 Å². The molecule has 4 heteroatoms. The maximum Gasteiger partial charge on any atom is 0.253 e. The van der Waals surface area contributed by atoms with Gasteiger partial charge in [0.1, 0.15) is 0 Å². The number of piperazine rings is 1. The molecule has 2 unspecified atom stereocenters. The molecule has 0 aromatic heterocycles. The van der Waals surface area contributed by atoms with Crippen molar-refractivity contribution in [2.45, 2.75) is 25.3 Å². The van der Waals surface area contributed by atoms with Gasteiger partial charge in [0.15, 0.2) is 0 Å². The van der Waals surface area contributed by atoms with Gasteiger partial charge in [-0.1, -0.05) is 36.4 Å². The number of hydrogen-bond acceptors (Lipinski definition) is 3. The molecular weight excluding hydrogens is 334 g/mol. The second-order valence-corrected chi connectivity index (χ2v) is 7.76. The number of benzene rings is 2. The zero-order valence-corrected chi connectivity index (χ0v) is 16.2. The van der Waals surface area contributed by atoms with Gasteiger partial charge in [0.05, 0.1) is 0 Å². The van der Waals surface area contributed by atoms with Crippen LogP contribution in [-0.2, 0) is 6.42 Å². The number of carbonyl (C=O) groups excluding carboxylic acids is 1. The van der Waals surface area contributed by atoms with Crippen molar-refractivity contribution < 1.29 is 4.79 Å². The zero-order chi connectivity index (χ0) is 18.6. The quantitative estimate of drug-likeness (QED) is 0.816. The zero-order valence-electron chi connectivity index (χ0n) is 16.2. The molecule has 2 atom stereocenters. The van der Waals surface area contributed by atoms with E-state index in [2.05, 4.69) is 34.1 Å². The van der Waals surface area contributed by atoms with E-state index in [1.807, 2.05) is 42.3 Å². The Morgan fingerprint density at radius 3 is 2.67 bits per heavy atom. The van der Waals surface area contributed by atoms with Crippen LogP contribution in [0.3, 0.4) is 0 Å². The lowest BCUT2D eigenvalue weighted by Gasteiger charge is -2.46. The number of rotatable bonds is 5. The number of fused-ring (bicyclic) bond motifs is 2. The first-order chi connectivity index (χ1) is 13.2. The SMILES string of the molecule is CN(CCc1ccccc1N1CCN2CCCC1C2)C(=O)c1ccccc1. The van der Waals surface area contributed by atoms with Crippen molar-refractivity contribution in [3.63, 3.8) is 0 Å². The Labute approximate surface area is 162 Å². The lowest BCUT2D eigenvalue weighted by atomic mass is 9.98. The van der Waals surface area contributed by atoms with E-state index < -0.39 is 0 Å². The third-order valence-electron chi connectivity index (χ3n) is 5.96. The van der Waals surface area contributed by atoms with Crippen LogP contribution < -0.4 is 4.90 Å². The molecule has 2 saturated heterocycles. The van der Waals surface area contributed by atoms with Gasteiger partial charge in [-0.25, -0.2) is 0 Å². The Kier molecular flexibility index (Phi) is 5.44. The van der Waals surface area contributed by atoms with Gasteiger partial charge in [0.2, 0.25) is 0 Å². The normalized spacial score (nSPS) is 21.7. The molecule has 2 aromatic carbocycles. The third kappa shape index (κ3) is 4.01. The molecule has 2 fully saturated rings. The van der Waals surface area contributed by atoms with Gasteiger partial charge in [0.25, 0.3) is 5.91 Å². The molecule has 0 spiro atoms. The molecule has 2 aliphatic rings. The first-order valence-corrected chi connectivity index (χ1v) is 10.1. The summed E-state index contributed by atoms with van der Waals surface area (Å²) in [7, 11) is 1.90. The topological polar surface area (TPSA) is 26.8 Å². The maximum atomic E-state index is 12.6. The van der Waals surface area contributed by atoms with Gasteiger partial charge < -0.3 is 9.80 Å². The van der Waals surface area contributed by atoms with Crippen molar-refractivity contribution in [3.8, 4) is 0 Å². The van der Waals surface area contributed by atoms with Crippen molar-refractivity contribution in [3.05, 3.63) is 65.7 Å².